The van der Waals surface area contributed by atoms with Gasteiger partial charge in [-0.3, -0.25) is 4.79 Å². The Balaban J connectivity index is 4.16. The Morgan fingerprint density at radius 1 is 1.23 bits per heavy atom. The van der Waals surface area contributed by atoms with Gasteiger partial charge in [-0.15, -0.1) is 0 Å². The summed E-state index contributed by atoms with van der Waals surface area (Å²) in [6.07, 6.45) is 0. The molecule has 0 fully saturated rings. The average Bonchev–Trinajstić information content (AvgIpc) is 2.15. The third kappa shape index (κ3) is 3.74. The molecule has 0 aliphatic carbocycles. The predicted molar refractivity (Wildman–Crippen MR) is 52.0 cm³/mol. The van der Waals surface area contributed by atoms with Gasteiger partial charge in [-0.25, -0.2) is 0 Å². The third-order valence-corrected chi connectivity index (χ3v) is 2.77. The Morgan fingerprint density at radius 2 is 1.69 bits per heavy atom. The summed E-state index contributed by atoms with van der Waals surface area (Å²) in [4.78, 5) is 11.2. The maximum Gasteiger partial charge on any atom is 0.277 e. The van der Waals surface area contributed by atoms with E-state index in [1.54, 1.807) is 0 Å². The Morgan fingerprint density at radius 3 is 2.00 bits per heavy atom. The highest BCUT2D eigenvalue weighted by atomic mass is 16.3. The lowest BCUT2D eigenvalue weighted by Gasteiger charge is -2.34. The van der Waals surface area contributed by atoms with Crippen LogP contribution in [0.15, 0.2) is 0 Å². The van der Waals surface area contributed by atoms with Gasteiger partial charge in [0.1, 0.15) is 6.73 Å². The summed E-state index contributed by atoms with van der Waals surface area (Å²) in [5.41, 5.74) is 0. The smallest absolute Gasteiger partial charge is 0.277 e. The lowest BCUT2D eigenvalue weighted by molar-refractivity contribution is -0.915. The lowest BCUT2D eigenvalue weighted by atomic mass is 10.3. The first-order valence-corrected chi connectivity index (χ1v) is 4.86. The normalized spacial score (nSPS) is 11.4. The standard InChI is InChI=1S/C9H20N2O2/c1-4-11(5-2,6-3)7-9(13)10-8-12/h12H,4-8H2,1-3H3/p+1. The first-order valence-electron chi connectivity index (χ1n) is 4.86. The molecule has 0 heterocycles. The Labute approximate surface area is 80.1 Å². The average molecular weight is 189 g/mol. The van der Waals surface area contributed by atoms with Crippen molar-refractivity contribution < 1.29 is 14.4 Å². The Hall–Kier alpha value is -0.610. The number of aliphatic hydroxyl groups is 1. The predicted octanol–water partition coefficient (Wildman–Crippen LogP) is -0.0711. The first kappa shape index (κ1) is 12.4. The summed E-state index contributed by atoms with van der Waals surface area (Å²) in [5, 5.41) is 10.9. The molecule has 2 N–H and O–H groups in total. The van der Waals surface area contributed by atoms with E-state index in [1.165, 1.54) is 0 Å². The molecule has 0 aromatic heterocycles. The molecule has 0 rings (SSSR count). The highest BCUT2D eigenvalue weighted by Gasteiger charge is 2.24. The maximum absolute atomic E-state index is 11.2. The molecule has 0 saturated heterocycles. The van der Waals surface area contributed by atoms with E-state index in [4.69, 9.17) is 5.11 Å². The number of aliphatic hydroxyl groups excluding tert-OH is 1. The number of hydrogen-bond donors (Lipinski definition) is 2. The van der Waals surface area contributed by atoms with Gasteiger partial charge in [0.25, 0.3) is 5.91 Å². The molecule has 0 unspecified atom stereocenters. The summed E-state index contributed by atoms with van der Waals surface area (Å²) in [6, 6.07) is 0. The second kappa shape index (κ2) is 5.94. The van der Waals surface area contributed by atoms with Crippen molar-refractivity contribution in [3.05, 3.63) is 0 Å². The molecule has 4 nitrogen and oxygen atoms in total. The fourth-order valence-electron chi connectivity index (χ4n) is 1.45. The lowest BCUT2D eigenvalue weighted by Crippen LogP contribution is -2.53. The van der Waals surface area contributed by atoms with Crippen LogP contribution in [-0.4, -0.2) is 48.4 Å². The molecule has 0 saturated carbocycles. The summed E-state index contributed by atoms with van der Waals surface area (Å²) in [6.45, 7) is 9.29. The Bertz CT molecular complexity index is 147. The third-order valence-electron chi connectivity index (χ3n) is 2.77. The van der Waals surface area contributed by atoms with Crippen LogP contribution >= 0.6 is 0 Å². The maximum atomic E-state index is 11.2. The van der Waals surface area contributed by atoms with Crippen molar-refractivity contribution in [2.45, 2.75) is 20.8 Å². The first-order chi connectivity index (χ1) is 6.14. The number of carbonyl (C=O) groups is 1. The second-order valence-corrected chi connectivity index (χ2v) is 3.21. The van der Waals surface area contributed by atoms with Crippen LogP contribution in [0.5, 0.6) is 0 Å². The molecule has 78 valence electrons. The van der Waals surface area contributed by atoms with Crippen molar-refractivity contribution in [1.29, 1.82) is 0 Å². The number of nitrogens with zero attached hydrogens (tertiary/aromatic N) is 1. The van der Waals surface area contributed by atoms with E-state index in [0.29, 0.717) is 6.54 Å². The molecule has 0 bridgehead atoms. The number of rotatable bonds is 6. The van der Waals surface area contributed by atoms with Crippen molar-refractivity contribution >= 4 is 5.91 Å². The number of likely N-dealkylation sites (N-methyl/N-ethyl adjacent to an activating group) is 1. The highest BCUT2D eigenvalue weighted by molar-refractivity contribution is 5.76. The molecule has 0 aliphatic heterocycles. The van der Waals surface area contributed by atoms with E-state index < -0.39 is 0 Å². The minimum atomic E-state index is -0.268. The molecule has 0 radical (unpaired) electrons. The van der Waals surface area contributed by atoms with Gasteiger partial charge in [0.15, 0.2) is 6.54 Å². The number of quaternary nitrogens is 1. The zero-order valence-corrected chi connectivity index (χ0v) is 8.84. The van der Waals surface area contributed by atoms with Gasteiger partial charge < -0.3 is 14.9 Å². The van der Waals surface area contributed by atoms with Gasteiger partial charge in [-0.1, -0.05) is 0 Å². The fourth-order valence-corrected chi connectivity index (χ4v) is 1.45. The van der Waals surface area contributed by atoms with Crippen LogP contribution in [0, 0.1) is 0 Å². The van der Waals surface area contributed by atoms with Crippen molar-refractivity contribution in [3.8, 4) is 0 Å². The van der Waals surface area contributed by atoms with Gasteiger partial charge >= 0.3 is 0 Å². The number of nitrogens with one attached hydrogen (secondary N) is 1. The second-order valence-electron chi connectivity index (χ2n) is 3.21. The molecule has 1 amide bonds. The monoisotopic (exact) mass is 189 g/mol. The van der Waals surface area contributed by atoms with Crippen LogP contribution in [0.1, 0.15) is 20.8 Å². The highest BCUT2D eigenvalue weighted by Crippen LogP contribution is 2.04. The van der Waals surface area contributed by atoms with E-state index in [2.05, 4.69) is 26.1 Å². The van der Waals surface area contributed by atoms with Gasteiger partial charge in [0.05, 0.1) is 19.6 Å². The van der Waals surface area contributed by atoms with E-state index in [-0.39, 0.29) is 12.6 Å². The summed E-state index contributed by atoms with van der Waals surface area (Å²) in [7, 11) is 0. The topological polar surface area (TPSA) is 49.3 Å². The molecule has 0 aliphatic rings. The van der Waals surface area contributed by atoms with Crippen LogP contribution < -0.4 is 5.32 Å². The number of carbonyl (C=O) groups excluding carboxylic acids is 1. The van der Waals surface area contributed by atoms with Crippen molar-refractivity contribution in [2.75, 3.05) is 32.9 Å². The van der Waals surface area contributed by atoms with Crippen molar-refractivity contribution in [2.24, 2.45) is 0 Å². The zero-order chi connectivity index (χ0) is 10.3. The summed E-state index contributed by atoms with van der Waals surface area (Å²) >= 11 is 0. The zero-order valence-electron chi connectivity index (χ0n) is 8.84. The minimum absolute atomic E-state index is 0.0759. The van der Waals surface area contributed by atoms with E-state index in [1.807, 2.05) is 0 Å². The summed E-state index contributed by atoms with van der Waals surface area (Å²) in [5.74, 6) is -0.0759. The molecule has 0 aromatic carbocycles. The van der Waals surface area contributed by atoms with Crippen LogP contribution in [-0.2, 0) is 4.79 Å². The largest absolute Gasteiger partial charge is 0.376 e. The fraction of sp³-hybridized carbons (Fsp3) is 0.889. The SMILES string of the molecule is CC[N+](CC)(CC)CC(=O)NCO. The van der Waals surface area contributed by atoms with E-state index in [0.717, 1.165) is 24.1 Å². The van der Waals surface area contributed by atoms with Gasteiger partial charge in [-0.05, 0) is 20.8 Å². The van der Waals surface area contributed by atoms with Gasteiger partial charge in [0, 0.05) is 0 Å². The number of hydrogen-bond acceptors (Lipinski definition) is 2. The van der Waals surface area contributed by atoms with Gasteiger partial charge in [-0.2, -0.15) is 0 Å². The van der Waals surface area contributed by atoms with E-state index in [9.17, 15) is 4.79 Å². The van der Waals surface area contributed by atoms with Crippen LogP contribution in [0.25, 0.3) is 0 Å². The van der Waals surface area contributed by atoms with Crippen molar-refractivity contribution in [1.82, 2.24) is 5.32 Å². The van der Waals surface area contributed by atoms with Crippen LogP contribution in [0.3, 0.4) is 0 Å². The summed E-state index contributed by atoms with van der Waals surface area (Å²) < 4.78 is 0.784. The van der Waals surface area contributed by atoms with E-state index >= 15 is 0 Å². The van der Waals surface area contributed by atoms with Crippen molar-refractivity contribution in [3.63, 3.8) is 0 Å². The molecular weight excluding hydrogens is 168 g/mol. The molecular formula is C9H21N2O2+. The molecule has 13 heavy (non-hydrogen) atoms. The quantitative estimate of drug-likeness (QED) is 0.454. The minimum Gasteiger partial charge on any atom is -0.376 e. The van der Waals surface area contributed by atoms with Crippen LogP contribution in [0.4, 0.5) is 0 Å². The Kier molecular flexibility index (Phi) is 5.66. The van der Waals surface area contributed by atoms with Crippen LogP contribution in [0.2, 0.25) is 0 Å². The molecule has 4 heteroatoms. The molecule has 0 atom stereocenters. The number of amides is 1. The van der Waals surface area contributed by atoms with Gasteiger partial charge in [0.2, 0.25) is 0 Å². The molecule has 0 aromatic rings. The molecule has 0 spiro atoms.